The molecular formula is C17H30N2S. The molecule has 114 valence electrons. The SMILES string of the molecule is CCc1ccc(CN2CC(CC)NCC2CC(C)C)s1. The lowest BCUT2D eigenvalue weighted by atomic mass is 9.98. The summed E-state index contributed by atoms with van der Waals surface area (Å²) in [5.41, 5.74) is 0. The zero-order valence-electron chi connectivity index (χ0n) is 13.5. The second kappa shape index (κ2) is 7.58. The van der Waals surface area contributed by atoms with E-state index < -0.39 is 0 Å². The van der Waals surface area contributed by atoms with Crippen LogP contribution in [0.5, 0.6) is 0 Å². The molecule has 0 aromatic carbocycles. The molecule has 20 heavy (non-hydrogen) atoms. The summed E-state index contributed by atoms with van der Waals surface area (Å²) in [6.07, 6.45) is 3.70. The van der Waals surface area contributed by atoms with Gasteiger partial charge in [-0.25, -0.2) is 0 Å². The third-order valence-corrected chi connectivity index (χ3v) is 5.49. The highest BCUT2D eigenvalue weighted by Crippen LogP contribution is 2.23. The van der Waals surface area contributed by atoms with Crippen LogP contribution in [0.1, 0.15) is 50.3 Å². The van der Waals surface area contributed by atoms with Gasteiger partial charge in [0.15, 0.2) is 0 Å². The molecule has 1 aromatic heterocycles. The average Bonchev–Trinajstić information content (AvgIpc) is 2.88. The van der Waals surface area contributed by atoms with Crippen LogP contribution in [-0.4, -0.2) is 30.1 Å². The molecular weight excluding hydrogens is 264 g/mol. The Bertz CT molecular complexity index is 399. The average molecular weight is 295 g/mol. The normalized spacial score (nSPS) is 24.4. The first-order valence-electron chi connectivity index (χ1n) is 8.17. The van der Waals surface area contributed by atoms with Crippen molar-refractivity contribution in [1.29, 1.82) is 0 Å². The predicted molar refractivity (Wildman–Crippen MR) is 89.4 cm³/mol. The van der Waals surface area contributed by atoms with E-state index in [1.54, 1.807) is 0 Å². The first-order chi connectivity index (χ1) is 9.62. The molecule has 0 radical (unpaired) electrons. The second-order valence-corrected chi connectivity index (χ2v) is 7.70. The van der Waals surface area contributed by atoms with Crippen LogP contribution < -0.4 is 5.32 Å². The minimum Gasteiger partial charge on any atom is -0.311 e. The van der Waals surface area contributed by atoms with Gasteiger partial charge in [0.25, 0.3) is 0 Å². The fourth-order valence-corrected chi connectivity index (χ4v) is 4.05. The van der Waals surface area contributed by atoms with Gasteiger partial charge in [0.05, 0.1) is 0 Å². The summed E-state index contributed by atoms with van der Waals surface area (Å²) in [5, 5.41) is 3.72. The molecule has 2 rings (SSSR count). The third-order valence-electron chi connectivity index (χ3n) is 4.27. The van der Waals surface area contributed by atoms with Gasteiger partial charge >= 0.3 is 0 Å². The maximum absolute atomic E-state index is 3.72. The van der Waals surface area contributed by atoms with E-state index in [1.807, 2.05) is 11.3 Å². The van der Waals surface area contributed by atoms with E-state index in [-0.39, 0.29) is 0 Å². The Balaban J connectivity index is 2.01. The van der Waals surface area contributed by atoms with Crippen molar-refractivity contribution in [3.05, 3.63) is 21.9 Å². The van der Waals surface area contributed by atoms with Crippen molar-refractivity contribution < 1.29 is 0 Å². The van der Waals surface area contributed by atoms with Crippen molar-refractivity contribution in [3.63, 3.8) is 0 Å². The van der Waals surface area contributed by atoms with Gasteiger partial charge in [-0.05, 0) is 37.3 Å². The van der Waals surface area contributed by atoms with Gasteiger partial charge in [-0.2, -0.15) is 0 Å². The summed E-state index contributed by atoms with van der Waals surface area (Å²) in [5.74, 6) is 0.775. The summed E-state index contributed by atoms with van der Waals surface area (Å²) in [4.78, 5) is 5.77. The van der Waals surface area contributed by atoms with Crippen molar-refractivity contribution in [3.8, 4) is 0 Å². The van der Waals surface area contributed by atoms with Gasteiger partial charge in [-0.1, -0.05) is 27.7 Å². The van der Waals surface area contributed by atoms with Gasteiger partial charge in [-0.3, -0.25) is 4.90 Å². The lowest BCUT2D eigenvalue weighted by Crippen LogP contribution is -2.56. The molecule has 2 heterocycles. The smallest absolute Gasteiger partial charge is 0.0332 e. The monoisotopic (exact) mass is 294 g/mol. The first kappa shape index (κ1) is 16.0. The fraction of sp³-hybridized carbons (Fsp3) is 0.765. The Morgan fingerprint density at radius 1 is 1.30 bits per heavy atom. The molecule has 0 aliphatic carbocycles. The molecule has 1 N–H and O–H groups in total. The number of nitrogens with zero attached hydrogens (tertiary/aromatic N) is 1. The van der Waals surface area contributed by atoms with Crippen LogP contribution >= 0.6 is 11.3 Å². The molecule has 0 spiro atoms. The summed E-state index contributed by atoms with van der Waals surface area (Å²) in [6.45, 7) is 12.7. The van der Waals surface area contributed by atoms with Crippen LogP contribution in [0.3, 0.4) is 0 Å². The van der Waals surface area contributed by atoms with Crippen LogP contribution in [0.4, 0.5) is 0 Å². The van der Waals surface area contributed by atoms with Crippen LogP contribution in [0.15, 0.2) is 12.1 Å². The molecule has 1 fully saturated rings. The Kier molecular flexibility index (Phi) is 6.06. The van der Waals surface area contributed by atoms with Gasteiger partial charge in [-0.15, -0.1) is 11.3 Å². The summed E-state index contributed by atoms with van der Waals surface area (Å²) < 4.78 is 0. The van der Waals surface area contributed by atoms with Crippen LogP contribution in [-0.2, 0) is 13.0 Å². The molecule has 0 amide bonds. The standard InChI is InChI=1S/C17H30N2S/c1-5-14-11-19(15(10-18-14)9-13(3)4)12-17-8-7-16(6-2)20-17/h7-8,13-15,18H,5-6,9-12H2,1-4H3. The molecule has 0 bridgehead atoms. The largest absolute Gasteiger partial charge is 0.311 e. The molecule has 3 heteroatoms. The zero-order chi connectivity index (χ0) is 14.5. The number of nitrogens with one attached hydrogen (secondary N) is 1. The lowest BCUT2D eigenvalue weighted by Gasteiger charge is -2.41. The molecule has 1 aliphatic rings. The van der Waals surface area contributed by atoms with E-state index >= 15 is 0 Å². The third kappa shape index (κ3) is 4.31. The number of hydrogen-bond donors (Lipinski definition) is 1. The van der Waals surface area contributed by atoms with Crippen LogP contribution in [0.2, 0.25) is 0 Å². The summed E-state index contributed by atoms with van der Waals surface area (Å²) in [7, 11) is 0. The van der Waals surface area contributed by atoms with E-state index in [4.69, 9.17) is 0 Å². The number of piperazine rings is 1. The first-order valence-corrected chi connectivity index (χ1v) is 8.99. The molecule has 0 saturated carbocycles. The highest BCUT2D eigenvalue weighted by Gasteiger charge is 2.27. The Hall–Kier alpha value is -0.380. The van der Waals surface area contributed by atoms with E-state index in [0.717, 1.165) is 19.0 Å². The van der Waals surface area contributed by atoms with E-state index in [9.17, 15) is 0 Å². The Labute approximate surface area is 128 Å². The predicted octanol–water partition coefficient (Wildman–Crippen LogP) is 3.91. The molecule has 1 aliphatic heterocycles. The van der Waals surface area contributed by atoms with Gasteiger partial charge < -0.3 is 5.32 Å². The second-order valence-electron chi connectivity index (χ2n) is 6.45. The lowest BCUT2D eigenvalue weighted by molar-refractivity contribution is 0.106. The Morgan fingerprint density at radius 3 is 2.65 bits per heavy atom. The van der Waals surface area contributed by atoms with Crippen LogP contribution in [0, 0.1) is 5.92 Å². The van der Waals surface area contributed by atoms with Crippen LogP contribution in [0.25, 0.3) is 0 Å². The number of hydrogen-bond acceptors (Lipinski definition) is 3. The van der Waals surface area contributed by atoms with Gasteiger partial charge in [0, 0.05) is 41.5 Å². The topological polar surface area (TPSA) is 15.3 Å². The van der Waals surface area contributed by atoms with Crippen molar-refractivity contribution in [1.82, 2.24) is 10.2 Å². The van der Waals surface area contributed by atoms with Crippen molar-refractivity contribution in [2.75, 3.05) is 13.1 Å². The molecule has 1 saturated heterocycles. The zero-order valence-corrected chi connectivity index (χ0v) is 14.3. The Morgan fingerprint density at radius 2 is 2.05 bits per heavy atom. The quantitative estimate of drug-likeness (QED) is 0.856. The number of thiophene rings is 1. The molecule has 2 atom stereocenters. The van der Waals surface area contributed by atoms with E-state index in [2.05, 4.69) is 50.0 Å². The molecule has 2 nitrogen and oxygen atoms in total. The maximum Gasteiger partial charge on any atom is 0.0332 e. The minimum absolute atomic E-state index is 0.670. The summed E-state index contributed by atoms with van der Waals surface area (Å²) in [6, 6.07) is 6.00. The van der Waals surface area contributed by atoms with Crippen molar-refractivity contribution in [2.45, 2.75) is 65.6 Å². The highest BCUT2D eigenvalue weighted by atomic mass is 32.1. The summed E-state index contributed by atoms with van der Waals surface area (Å²) >= 11 is 1.99. The fourth-order valence-electron chi connectivity index (χ4n) is 3.07. The van der Waals surface area contributed by atoms with Gasteiger partial charge in [0.1, 0.15) is 0 Å². The van der Waals surface area contributed by atoms with E-state index in [1.165, 1.54) is 35.6 Å². The number of rotatable bonds is 6. The number of aryl methyl sites for hydroxylation is 1. The van der Waals surface area contributed by atoms with Gasteiger partial charge in [0.2, 0.25) is 0 Å². The highest BCUT2D eigenvalue weighted by molar-refractivity contribution is 7.11. The maximum atomic E-state index is 3.72. The van der Waals surface area contributed by atoms with Crippen molar-refractivity contribution in [2.24, 2.45) is 5.92 Å². The van der Waals surface area contributed by atoms with E-state index in [0.29, 0.717) is 12.1 Å². The minimum atomic E-state index is 0.670. The van der Waals surface area contributed by atoms with Crippen molar-refractivity contribution >= 4 is 11.3 Å². The molecule has 2 unspecified atom stereocenters. The molecule has 1 aromatic rings.